The molecule has 1 heterocycles. The van der Waals surface area contributed by atoms with E-state index < -0.39 is 0 Å². The molecule has 1 aromatic carbocycles. The van der Waals surface area contributed by atoms with Crippen LogP contribution >= 0.6 is 24.0 Å². The summed E-state index contributed by atoms with van der Waals surface area (Å²) in [4.78, 5) is 20.8. The van der Waals surface area contributed by atoms with Gasteiger partial charge in [-0.25, -0.2) is 0 Å². The second kappa shape index (κ2) is 12.7. The lowest BCUT2D eigenvalue weighted by molar-refractivity contribution is 0.0773. The molecule has 0 saturated carbocycles. The number of benzene rings is 1. The van der Waals surface area contributed by atoms with Crippen molar-refractivity contribution in [2.45, 2.75) is 46.7 Å². The van der Waals surface area contributed by atoms with Crippen LogP contribution in [0.2, 0.25) is 0 Å². The molecule has 2 aromatic rings. The van der Waals surface area contributed by atoms with Gasteiger partial charge in [0.05, 0.1) is 5.69 Å². The Morgan fingerprint density at radius 1 is 1.19 bits per heavy atom. The van der Waals surface area contributed by atoms with Crippen LogP contribution in [0.5, 0.6) is 0 Å². The third kappa shape index (κ3) is 7.22. The lowest BCUT2D eigenvalue weighted by Crippen LogP contribution is -2.38. The maximum absolute atomic E-state index is 12.4. The molecule has 7 nitrogen and oxygen atoms in total. The number of carbonyl (C=O) groups is 1. The first-order valence-corrected chi connectivity index (χ1v) is 10.6. The van der Waals surface area contributed by atoms with Gasteiger partial charge in [-0.15, -0.1) is 24.0 Å². The number of carbonyl (C=O) groups excluding carboxylic acids is 1. The molecule has 0 spiro atoms. The summed E-state index contributed by atoms with van der Waals surface area (Å²) >= 11 is 0. The van der Waals surface area contributed by atoms with E-state index in [1.54, 1.807) is 7.05 Å². The fourth-order valence-electron chi connectivity index (χ4n) is 3.52. The molecule has 0 aliphatic rings. The summed E-state index contributed by atoms with van der Waals surface area (Å²) in [5.74, 6) is 1.27. The van der Waals surface area contributed by atoms with Crippen molar-refractivity contribution in [3.63, 3.8) is 0 Å². The van der Waals surface area contributed by atoms with E-state index in [0.29, 0.717) is 12.5 Å². The van der Waals surface area contributed by atoms with Crippen molar-refractivity contribution in [3.8, 4) is 0 Å². The number of hydrogen-bond acceptors (Lipinski definition) is 3. The highest BCUT2D eigenvalue weighted by atomic mass is 127. The average molecular weight is 540 g/mol. The Balaban J connectivity index is 0.00000480. The lowest BCUT2D eigenvalue weighted by Gasteiger charge is -2.22. The van der Waals surface area contributed by atoms with Crippen LogP contribution in [0, 0.1) is 0 Å². The molecular formula is C23H37IN6O. The number of nitrogens with one attached hydrogen (secondary N) is 1. The van der Waals surface area contributed by atoms with E-state index in [9.17, 15) is 4.79 Å². The van der Waals surface area contributed by atoms with E-state index in [-0.39, 0.29) is 29.9 Å². The van der Waals surface area contributed by atoms with Crippen molar-refractivity contribution in [2.75, 3.05) is 27.2 Å². The van der Waals surface area contributed by atoms with Crippen LogP contribution in [0.25, 0.3) is 0 Å². The number of aryl methyl sites for hydroxylation is 1. The van der Waals surface area contributed by atoms with Crippen molar-refractivity contribution in [1.29, 1.82) is 0 Å². The Labute approximate surface area is 203 Å². The molecule has 0 fully saturated rings. The van der Waals surface area contributed by atoms with Crippen molar-refractivity contribution in [3.05, 3.63) is 52.8 Å². The van der Waals surface area contributed by atoms with E-state index in [0.717, 1.165) is 42.4 Å². The summed E-state index contributed by atoms with van der Waals surface area (Å²) < 4.78 is 1.87. The third-order valence-corrected chi connectivity index (χ3v) is 5.17. The number of amides is 1. The molecule has 172 valence electrons. The number of aliphatic imine (C=N–C) groups is 1. The zero-order valence-electron chi connectivity index (χ0n) is 19.8. The van der Waals surface area contributed by atoms with Crippen molar-refractivity contribution in [2.24, 2.45) is 12.0 Å². The van der Waals surface area contributed by atoms with Gasteiger partial charge < -0.3 is 15.1 Å². The molecule has 0 bridgehead atoms. The highest BCUT2D eigenvalue weighted by Crippen LogP contribution is 2.18. The molecule has 0 radical (unpaired) electrons. The summed E-state index contributed by atoms with van der Waals surface area (Å²) in [5.41, 5.74) is 4.15. The van der Waals surface area contributed by atoms with Crippen LogP contribution in [-0.2, 0) is 20.1 Å². The van der Waals surface area contributed by atoms with Crippen molar-refractivity contribution >= 4 is 35.8 Å². The number of aromatic nitrogens is 2. The Bertz CT molecular complexity index is 855. The van der Waals surface area contributed by atoms with Gasteiger partial charge in [-0.2, -0.15) is 5.10 Å². The highest BCUT2D eigenvalue weighted by molar-refractivity contribution is 14.0. The van der Waals surface area contributed by atoms with E-state index in [1.165, 1.54) is 5.56 Å². The van der Waals surface area contributed by atoms with Gasteiger partial charge in [0.1, 0.15) is 0 Å². The Kier molecular flexibility index (Phi) is 11.0. The fourth-order valence-corrected chi connectivity index (χ4v) is 3.52. The molecule has 1 aromatic heterocycles. The van der Waals surface area contributed by atoms with Gasteiger partial charge >= 0.3 is 0 Å². The van der Waals surface area contributed by atoms with Crippen LogP contribution in [0.4, 0.5) is 0 Å². The van der Waals surface area contributed by atoms with E-state index in [2.05, 4.69) is 40.4 Å². The number of rotatable bonds is 8. The van der Waals surface area contributed by atoms with Crippen LogP contribution in [0.1, 0.15) is 60.8 Å². The summed E-state index contributed by atoms with van der Waals surface area (Å²) in [7, 11) is 5.77. The van der Waals surface area contributed by atoms with Crippen molar-refractivity contribution in [1.82, 2.24) is 24.9 Å². The molecular weight excluding hydrogens is 503 g/mol. The Morgan fingerprint density at radius 3 is 2.32 bits per heavy atom. The van der Waals surface area contributed by atoms with Gasteiger partial charge in [0.2, 0.25) is 0 Å². The standard InChI is InChI=1S/C23H36N6O.HI/c1-8-29(9-2)22(30)19-12-10-18(11-13-19)14-25-23(24-5)27(6)15-20-16-28(7)26-21(20)17(3)4;/h10-13,16-17H,8-9,14-15H2,1-7H3,(H,24,25);1H. The summed E-state index contributed by atoms with van der Waals surface area (Å²) in [6, 6.07) is 7.79. The second-order valence-corrected chi connectivity index (χ2v) is 7.80. The SMILES string of the molecule is CCN(CC)C(=O)c1ccc(CNC(=NC)N(C)Cc2cn(C)nc2C(C)C)cc1.I. The summed E-state index contributed by atoms with van der Waals surface area (Å²) in [6.07, 6.45) is 2.07. The average Bonchev–Trinajstić information content (AvgIpc) is 3.10. The summed E-state index contributed by atoms with van der Waals surface area (Å²) in [5, 5.41) is 8.00. The Morgan fingerprint density at radius 2 is 1.81 bits per heavy atom. The van der Waals surface area contributed by atoms with Gasteiger partial charge in [0.25, 0.3) is 5.91 Å². The molecule has 31 heavy (non-hydrogen) atoms. The molecule has 8 heteroatoms. The quantitative estimate of drug-likeness (QED) is 0.314. The number of halogens is 1. The maximum atomic E-state index is 12.4. The molecule has 0 aliphatic heterocycles. The van der Waals surface area contributed by atoms with Crippen LogP contribution in [0.3, 0.4) is 0 Å². The second-order valence-electron chi connectivity index (χ2n) is 7.80. The first-order valence-electron chi connectivity index (χ1n) is 10.6. The third-order valence-electron chi connectivity index (χ3n) is 5.17. The zero-order valence-corrected chi connectivity index (χ0v) is 22.2. The van der Waals surface area contributed by atoms with Crippen LogP contribution in [0.15, 0.2) is 35.5 Å². The lowest BCUT2D eigenvalue weighted by atomic mass is 10.1. The fraction of sp³-hybridized carbons (Fsp3) is 0.522. The van der Waals surface area contributed by atoms with Crippen LogP contribution in [-0.4, -0.2) is 58.6 Å². The number of hydrogen-bond donors (Lipinski definition) is 1. The topological polar surface area (TPSA) is 65.8 Å². The number of nitrogens with zero attached hydrogens (tertiary/aromatic N) is 5. The predicted molar refractivity (Wildman–Crippen MR) is 138 cm³/mol. The van der Waals surface area contributed by atoms with E-state index >= 15 is 0 Å². The minimum Gasteiger partial charge on any atom is -0.352 e. The first kappa shape index (κ1) is 26.9. The zero-order chi connectivity index (χ0) is 22.3. The monoisotopic (exact) mass is 540 g/mol. The van der Waals surface area contributed by atoms with Crippen molar-refractivity contribution < 1.29 is 4.79 Å². The molecule has 2 rings (SSSR count). The largest absolute Gasteiger partial charge is 0.352 e. The maximum Gasteiger partial charge on any atom is 0.253 e. The molecule has 1 N–H and O–H groups in total. The van der Waals surface area contributed by atoms with E-state index in [4.69, 9.17) is 0 Å². The normalized spacial score (nSPS) is 11.3. The highest BCUT2D eigenvalue weighted by Gasteiger charge is 2.15. The molecule has 0 saturated heterocycles. The van der Waals surface area contributed by atoms with Gasteiger partial charge in [0, 0.05) is 64.6 Å². The molecule has 0 unspecified atom stereocenters. The Hall–Kier alpha value is -2.10. The summed E-state index contributed by atoms with van der Waals surface area (Å²) in [6.45, 7) is 11.1. The van der Waals surface area contributed by atoms with E-state index in [1.807, 2.05) is 61.8 Å². The van der Waals surface area contributed by atoms with Gasteiger partial charge in [0.15, 0.2) is 5.96 Å². The molecule has 1 amide bonds. The molecule has 0 aliphatic carbocycles. The molecule has 0 atom stereocenters. The number of guanidine groups is 1. The minimum absolute atomic E-state index is 0. The first-order chi connectivity index (χ1) is 14.3. The van der Waals surface area contributed by atoms with Gasteiger partial charge in [-0.1, -0.05) is 26.0 Å². The van der Waals surface area contributed by atoms with Gasteiger partial charge in [-0.3, -0.25) is 14.5 Å². The van der Waals surface area contributed by atoms with Crippen LogP contribution < -0.4 is 5.32 Å². The minimum atomic E-state index is 0. The predicted octanol–water partition coefficient (Wildman–Crippen LogP) is 3.85. The smallest absolute Gasteiger partial charge is 0.253 e. The van der Waals surface area contributed by atoms with Gasteiger partial charge in [-0.05, 0) is 37.5 Å².